The molecule has 3 rings (SSSR count). The predicted molar refractivity (Wildman–Crippen MR) is 98.1 cm³/mol. The van der Waals surface area contributed by atoms with E-state index in [0.29, 0.717) is 24.1 Å². The number of esters is 1. The van der Waals surface area contributed by atoms with E-state index in [4.69, 9.17) is 4.74 Å². The third-order valence-corrected chi connectivity index (χ3v) is 4.71. The summed E-state index contributed by atoms with van der Waals surface area (Å²) in [5.41, 5.74) is 1.18. The van der Waals surface area contributed by atoms with E-state index in [9.17, 15) is 19.7 Å². The van der Waals surface area contributed by atoms with Crippen LogP contribution < -0.4 is 0 Å². The van der Waals surface area contributed by atoms with Crippen molar-refractivity contribution in [2.45, 2.75) is 19.4 Å². The van der Waals surface area contributed by atoms with Gasteiger partial charge in [-0.25, -0.2) is 0 Å². The summed E-state index contributed by atoms with van der Waals surface area (Å²) in [5, 5.41) is 10.9. The van der Waals surface area contributed by atoms with Crippen LogP contribution >= 0.6 is 0 Å². The standard InChI is InChI=1S/C20H20N2O5/c1-2-27-20(24)17-12-13-21(19(23)15-6-4-3-5-7-15)18(17)14-8-10-16(11-9-14)22(25)26/h3-11,17-18H,2,12-13H2,1H3. The number of nitro groups is 1. The minimum Gasteiger partial charge on any atom is -0.466 e. The van der Waals surface area contributed by atoms with Crippen molar-refractivity contribution in [3.63, 3.8) is 0 Å². The summed E-state index contributed by atoms with van der Waals surface area (Å²) in [7, 11) is 0. The summed E-state index contributed by atoms with van der Waals surface area (Å²) >= 11 is 0. The molecule has 0 radical (unpaired) electrons. The molecule has 2 aromatic rings. The van der Waals surface area contributed by atoms with Crippen LogP contribution in [0.3, 0.4) is 0 Å². The Balaban J connectivity index is 1.96. The van der Waals surface area contributed by atoms with Gasteiger partial charge in [0.15, 0.2) is 0 Å². The average Bonchev–Trinajstić information content (AvgIpc) is 3.13. The van der Waals surface area contributed by atoms with Crippen LogP contribution in [-0.2, 0) is 9.53 Å². The van der Waals surface area contributed by atoms with Gasteiger partial charge in [0.1, 0.15) is 0 Å². The van der Waals surface area contributed by atoms with Crippen molar-refractivity contribution in [1.29, 1.82) is 0 Å². The van der Waals surface area contributed by atoms with E-state index in [1.54, 1.807) is 48.2 Å². The molecule has 1 aliphatic rings. The lowest BCUT2D eigenvalue weighted by atomic mass is 9.93. The second-order valence-electron chi connectivity index (χ2n) is 6.31. The SMILES string of the molecule is CCOC(=O)C1CCN(C(=O)c2ccccc2)C1c1ccc([N+](=O)[O-])cc1. The van der Waals surface area contributed by atoms with E-state index >= 15 is 0 Å². The average molecular weight is 368 g/mol. The second kappa shape index (κ2) is 7.99. The van der Waals surface area contributed by atoms with Crippen LogP contribution in [0.2, 0.25) is 0 Å². The largest absolute Gasteiger partial charge is 0.466 e. The van der Waals surface area contributed by atoms with Crippen LogP contribution in [0.4, 0.5) is 5.69 Å². The highest BCUT2D eigenvalue weighted by Gasteiger charge is 2.43. The van der Waals surface area contributed by atoms with E-state index in [1.165, 1.54) is 12.1 Å². The molecule has 7 heteroatoms. The smallest absolute Gasteiger partial charge is 0.311 e. The van der Waals surface area contributed by atoms with Gasteiger partial charge in [-0.3, -0.25) is 19.7 Å². The van der Waals surface area contributed by atoms with Crippen LogP contribution in [0, 0.1) is 16.0 Å². The summed E-state index contributed by atoms with van der Waals surface area (Å²) < 4.78 is 5.19. The molecule has 1 aliphatic heterocycles. The maximum Gasteiger partial charge on any atom is 0.311 e. The number of likely N-dealkylation sites (tertiary alicyclic amines) is 1. The number of carbonyl (C=O) groups excluding carboxylic acids is 2. The van der Waals surface area contributed by atoms with Crippen molar-refractivity contribution in [1.82, 2.24) is 4.90 Å². The van der Waals surface area contributed by atoms with Crippen molar-refractivity contribution < 1.29 is 19.2 Å². The van der Waals surface area contributed by atoms with Gasteiger partial charge in [0.2, 0.25) is 0 Å². The van der Waals surface area contributed by atoms with Crippen molar-refractivity contribution in [2.75, 3.05) is 13.2 Å². The molecule has 7 nitrogen and oxygen atoms in total. The van der Waals surface area contributed by atoms with Gasteiger partial charge in [-0.15, -0.1) is 0 Å². The van der Waals surface area contributed by atoms with E-state index in [2.05, 4.69) is 0 Å². The molecule has 0 saturated carbocycles. The molecule has 140 valence electrons. The zero-order valence-corrected chi connectivity index (χ0v) is 14.9. The summed E-state index contributed by atoms with van der Waals surface area (Å²) in [5.74, 6) is -1.03. The number of non-ortho nitro benzene ring substituents is 1. The van der Waals surface area contributed by atoms with Gasteiger partial charge < -0.3 is 9.64 Å². The number of ether oxygens (including phenoxy) is 1. The maximum atomic E-state index is 13.0. The molecule has 2 atom stereocenters. The first-order valence-corrected chi connectivity index (χ1v) is 8.80. The lowest BCUT2D eigenvalue weighted by Crippen LogP contribution is -2.34. The summed E-state index contributed by atoms with van der Waals surface area (Å²) in [4.78, 5) is 37.5. The minimum absolute atomic E-state index is 0.0367. The summed E-state index contributed by atoms with van der Waals surface area (Å²) in [6, 6.07) is 14.3. The molecule has 0 aromatic heterocycles. The molecule has 2 aromatic carbocycles. The number of amides is 1. The van der Waals surface area contributed by atoms with Gasteiger partial charge in [-0.05, 0) is 31.0 Å². The van der Waals surface area contributed by atoms with Crippen LogP contribution in [0.1, 0.15) is 35.3 Å². The summed E-state index contributed by atoms with van der Waals surface area (Å²) in [6.07, 6.45) is 0.485. The third kappa shape index (κ3) is 3.81. The fourth-order valence-electron chi connectivity index (χ4n) is 3.47. The number of hydrogen-bond acceptors (Lipinski definition) is 5. The van der Waals surface area contributed by atoms with E-state index in [-0.39, 0.29) is 24.2 Å². The molecule has 0 aliphatic carbocycles. The molecule has 1 saturated heterocycles. The second-order valence-corrected chi connectivity index (χ2v) is 6.31. The van der Waals surface area contributed by atoms with Gasteiger partial charge in [0, 0.05) is 24.2 Å². The third-order valence-electron chi connectivity index (χ3n) is 4.71. The lowest BCUT2D eigenvalue weighted by Gasteiger charge is -2.28. The topological polar surface area (TPSA) is 89.8 Å². The van der Waals surface area contributed by atoms with Gasteiger partial charge in [0.25, 0.3) is 11.6 Å². The van der Waals surface area contributed by atoms with Crippen LogP contribution in [0.15, 0.2) is 54.6 Å². The number of rotatable bonds is 5. The Morgan fingerprint density at radius 3 is 2.41 bits per heavy atom. The molecular weight excluding hydrogens is 348 g/mol. The van der Waals surface area contributed by atoms with Gasteiger partial charge in [-0.2, -0.15) is 0 Å². The Kier molecular flexibility index (Phi) is 5.49. The van der Waals surface area contributed by atoms with Crippen LogP contribution in [0.5, 0.6) is 0 Å². The van der Waals surface area contributed by atoms with Gasteiger partial charge in [0.05, 0.1) is 23.5 Å². The zero-order valence-electron chi connectivity index (χ0n) is 14.9. The minimum atomic E-state index is -0.516. The Labute approximate surface area is 156 Å². The van der Waals surface area contributed by atoms with E-state index in [0.717, 1.165) is 0 Å². The number of hydrogen-bond donors (Lipinski definition) is 0. The molecule has 1 amide bonds. The molecule has 0 bridgehead atoms. The van der Waals surface area contributed by atoms with Gasteiger partial charge >= 0.3 is 5.97 Å². The quantitative estimate of drug-likeness (QED) is 0.459. The molecule has 2 unspecified atom stereocenters. The Morgan fingerprint density at radius 2 is 1.81 bits per heavy atom. The normalized spacial score (nSPS) is 18.9. The first kappa shape index (κ1) is 18.6. The first-order chi connectivity index (χ1) is 13.0. The number of benzene rings is 2. The fraction of sp³-hybridized carbons (Fsp3) is 0.300. The van der Waals surface area contributed by atoms with Crippen molar-refractivity contribution >= 4 is 17.6 Å². The van der Waals surface area contributed by atoms with Crippen molar-refractivity contribution in [3.05, 3.63) is 75.8 Å². The molecular formula is C20H20N2O5. The number of nitrogens with zero attached hydrogens (tertiary/aromatic N) is 2. The lowest BCUT2D eigenvalue weighted by molar-refractivity contribution is -0.384. The fourth-order valence-corrected chi connectivity index (χ4v) is 3.47. The van der Waals surface area contributed by atoms with Crippen molar-refractivity contribution in [2.24, 2.45) is 5.92 Å². The van der Waals surface area contributed by atoms with Crippen LogP contribution in [0.25, 0.3) is 0 Å². The van der Waals surface area contributed by atoms with E-state index in [1.807, 2.05) is 6.07 Å². The maximum absolute atomic E-state index is 13.0. The Morgan fingerprint density at radius 1 is 1.15 bits per heavy atom. The molecule has 1 fully saturated rings. The highest BCUT2D eigenvalue weighted by atomic mass is 16.6. The predicted octanol–water partition coefficient (Wildman–Crippen LogP) is 3.36. The highest BCUT2D eigenvalue weighted by molar-refractivity contribution is 5.95. The Bertz CT molecular complexity index is 835. The van der Waals surface area contributed by atoms with Crippen LogP contribution in [-0.4, -0.2) is 34.9 Å². The Hall–Kier alpha value is -3.22. The molecule has 0 N–H and O–H groups in total. The molecule has 1 heterocycles. The zero-order chi connectivity index (χ0) is 19.4. The molecule has 0 spiro atoms. The van der Waals surface area contributed by atoms with Crippen molar-refractivity contribution in [3.8, 4) is 0 Å². The monoisotopic (exact) mass is 368 g/mol. The first-order valence-electron chi connectivity index (χ1n) is 8.80. The van der Waals surface area contributed by atoms with Gasteiger partial charge in [-0.1, -0.05) is 30.3 Å². The molecule has 27 heavy (non-hydrogen) atoms. The number of carbonyl (C=O) groups is 2. The number of nitro benzene ring substituents is 1. The highest BCUT2D eigenvalue weighted by Crippen LogP contribution is 2.39. The van der Waals surface area contributed by atoms with E-state index < -0.39 is 16.9 Å². The summed E-state index contributed by atoms with van der Waals surface area (Å²) in [6.45, 7) is 2.41.